The largest absolute Gasteiger partial charge is 0.444 e. The van der Waals surface area contributed by atoms with E-state index in [0.717, 1.165) is 10.8 Å². The van der Waals surface area contributed by atoms with E-state index in [9.17, 15) is 4.79 Å². The maximum atomic E-state index is 12.0. The van der Waals surface area contributed by atoms with Gasteiger partial charge in [-0.2, -0.15) is 4.98 Å². The number of ether oxygens (including phenoxy) is 1. The maximum absolute atomic E-state index is 12.0. The second-order valence-electron chi connectivity index (χ2n) is 7.07. The number of nitrogens with zero attached hydrogens (tertiary/aromatic N) is 4. The number of thioether (sulfide) groups is 1. The molecular weight excluding hydrogens is 352 g/mol. The van der Waals surface area contributed by atoms with E-state index in [0.29, 0.717) is 24.7 Å². The number of carbonyl (C=O) groups is 1. The summed E-state index contributed by atoms with van der Waals surface area (Å²) in [6, 6.07) is 5.82. The lowest BCUT2D eigenvalue weighted by atomic mass is 10.1. The summed E-state index contributed by atoms with van der Waals surface area (Å²) in [7, 11) is 1.70. The van der Waals surface area contributed by atoms with Crippen molar-refractivity contribution < 1.29 is 14.1 Å². The molecule has 142 valence electrons. The molecule has 8 heteroatoms. The molecule has 2 rings (SSSR count). The van der Waals surface area contributed by atoms with Gasteiger partial charge in [0.05, 0.1) is 5.03 Å². The van der Waals surface area contributed by atoms with Gasteiger partial charge in [-0.25, -0.2) is 9.78 Å². The number of amides is 1. The molecule has 0 aliphatic carbocycles. The van der Waals surface area contributed by atoms with Crippen molar-refractivity contribution in [3.63, 3.8) is 0 Å². The van der Waals surface area contributed by atoms with Crippen LogP contribution in [0, 0.1) is 0 Å². The Hall–Kier alpha value is -2.09. The van der Waals surface area contributed by atoms with Crippen LogP contribution >= 0.6 is 11.8 Å². The number of pyridine rings is 1. The summed E-state index contributed by atoms with van der Waals surface area (Å²) in [6.45, 7) is 7.94. The molecule has 0 N–H and O–H groups in total. The van der Waals surface area contributed by atoms with E-state index < -0.39 is 5.60 Å². The highest BCUT2D eigenvalue weighted by molar-refractivity contribution is 7.99. The number of hydrogen-bond acceptors (Lipinski definition) is 7. The molecule has 0 spiro atoms. The molecule has 0 bridgehead atoms. The summed E-state index contributed by atoms with van der Waals surface area (Å²) in [5.41, 5.74) is -0.515. The van der Waals surface area contributed by atoms with Gasteiger partial charge in [0.2, 0.25) is 5.89 Å². The minimum Gasteiger partial charge on any atom is -0.444 e. The van der Waals surface area contributed by atoms with Crippen molar-refractivity contribution >= 4 is 17.9 Å². The van der Waals surface area contributed by atoms with Gasteiger partial charge in [0.1, 0.15) is 5.60 Å². The molecule has 0 saturated carbocycles. The summed E-state index contributed by atoms with van der Waals surface area (Å²) in [5.74, 6) is 1.95. The Labute approximate surface area is 158 Å². The van der Waals surface area contributed by atoms with Crippen molar-refractivity contribution in [3.8, 4) is 0 Å². The first-order valence-corrected chi connectivity index (χ1v) is 9.53. The predicted octanol–water partition coefficient (Wildman–Crippen LogP) is 3.77. The zero-order valence-electron chi connectivity index (χ0n) is 15.9. The Morgan fingerprint density at radius 1 is 1.38 bits per heavy atom. The number of aromatic nitrogens is 3. The molecule has 2 aromatic heterocycles. The minimum absolute atomic E-state index is 0.0477. The fourth-order valence-corrected chi connectivity index (χ4v) is 2.95. The molecule has 0 unspecified atom stereocenters. The quantitative estimate of drug-likeness (QED) is 0.678. The van der Waals surface area contributed by atoms with E-state index >= 15 is 0 Å². The summed E-state index contributed by atoms with van der Waals surface area (Å²) >= 11 is 1.64. The summed E-state index contributed by atoms with van der Waals surface area (Å²) < 4.78 is 10.7. The number of likely N-dealkylation sites (N-methyl/N-ethyl adjacent to an activating group) is 1. The average molecular weight is 378 g/mol. The third kappa shape index (κ3) is 6.67. The van der Waals surface area contributed by atoms with Crippen molar-refractivity contribution in [2.45, 2.75) is 50.7 Å². The molecule has 2 aromatic rings. The van der Waals surface area contributed by atoms with Crippen molar-refractivity contribution in [1.82, 2.24) is 20.0 Å². The smallest absolute Gasteiger partial charge is 0.410 e. The van der Waals surface area contributed by atoms with E-state index in [1.54, 1.807) is 25.0 Å². The zero-order chi connectivity index (χ0) is 19.2. The van der Waals surface area contributed by atoms with Crippen LogP contribution in [0.3, 0.4) is 0 Å². The maximum Gasteiger partial charge on any atom is 0.410 e. The molecule has 7 nitrogen and oxygen atoms in total. The van der Waals surface area contributed by atoms with Gasteiger partial charge in [0.15, 0.2) is 5.82 Å². The summed E-state index contributed by atoms with van der Waals surface area (Å²) in [4.78, 5) is 22.3. The monoisotopic (exact) mass is 378 g/mol. The van der Waals surface area contributed by atoms with Crippen LogP contribution in [-0.4, -0.2) is 51.1 Å². The van der Waals surface area contributed by atoms with E-state index in [-0.39, 0.29) is 12.0 Å². The minimum atomic E-state index is -0.515. The first-order valence-electron chi connectivity index (χ1n) is 8.55. The predicted molar refractivity (Wildman–Crippen MR) is 100 cm³/mol. The van der Waals surface area contributed by atoms with Crippen molar-refractivity contribution in [2.24, 2.45) is 0 Å². The normalized spacial score (nSPS) is 12.7. The lowest BCUT2D eigenvalue weighted by molar-refractivity contribution is 0.0289. The fraction of sp³-hybridized carbons (Fsp3) is 0.556. The molecule has 0 aliphatic heterocycles. The summed E-state index contributed by atoms with van der Waals surface area (Å²) in [5, 5.41) is 5.01. The van der Waals surface area contributed by atoms with Crippen LogP contribution in [0.2, 0.25) is 0 Å². The first kappa shape index (κ1) is 20.2. The molecule has 26 heavy (non-hydrogen) atoms. The van der Waals surface area contributed by atoms with E-state index in [1.165, 1.54) is 4.90 Å². The fourth-order valence-electron chi connectivity index (χ4n) is 2.15. The Balaban J connectivity index is 1.81. The van der Waals surface area contributed by atoms with Gasteiger partial charge in [-0.3, -0.25) is 0 Å². The Morgan fingerprint density at radius 3 is 2.81 bits per heavy atom. The number of rotatable bonds is 7. The lowest BCUT2D eigenvalue weighted by Gasteiger charge is -2.25. The molecule has 0 fully saturated rings. The van der Waals surface area contributed by atoms with Crippen molar-refractivity contribution in [1.29, 1.82) is 0 Å². The van der Waals surface area contributed by atoms with E-state index in [4.69, 9.17) is 9.26 Å². The average Bonchev–Trinajstić information content (AvgIpc) is 3.03. The van der Waals surface area contributed by atoms with E-state index in [1.807, 2.05) is 45.9 Å². The molecule has 2 heterocycles. The van der Waals surface area contributed by atoms with Crippen LogP contribution in [-0.2, 0) is 11.2 Å². The number of carbonyl (C=O) groups excluding carboxylic acids is 1. The Bertz CT molecular complexity index is 700. The molecule has 0 radical (unpaired) electrons. The number of aryl methyl sites for hydroxylation is 1. The molecule has 0 saturated heterocycles. The lowest BCUT2D eigenvalue weighted by Crippen LogP contribution is -2.36. The van der Waals surface area contributed by atoms with Gasteiger partial charge in [-0.15, -0.1) is 11.8 Å². The van der Waals surface area contributed by atoms with Gasteiger partial charge in [-0.05, 0) is 32.9 Å². The third-order valence-electron chi connectivity index (χ3n) is 3.38. The van der Waals surface area contributed by atoms with Gasteiger partial charge in [0, 0.05) is 37.9 Å². The first-order chi connectivity index (χ1) is 12.2. The molecule has 0 aliphatic rings. The second kappa shape index (κ2) is 9.02. The van der Waals surface area contributed by atoms with Crippen LogP contribution in [0.5, 0.6) is 0 Å². The zero-order valence-corrected chi connectivity index (χ0v) is 16.7. The Kier molecular flexibility index (Phi) is 7.02. The van der Waals surface area contributed by atoms with Crippen LogP contribution in [0.25, 0.3) is 0 Å². The Morgan fingerprint density at radius 2 is 2.15 bits per heavy atom. The second-order valence-corrected chi connectivity index (χ2v) is 8.19. The van der Waals surface area contributed by atoms with E-state index in [2.05, 4.69) is 15.1 Å². The third-order valence-corrected chi connectivity index (χ3v) is 4.33. The number of hydrogen-bond donors (Lipinski definition) is 0. The van der Waals surface area contributed by atoms with Crippen LogP contribution in [0.1, 0.15) is 45.3 Å². The van der Waals surface area contributed by atoms with Gasteiger partial charge in [-0.1, -0.05) is 18.1 Å². The molecule has 0 aromatic carbocycles. The van der Waals surface area contributed by atoms with Crippen LogP contribution in [0.4, 0.5) is 4.79 Å². The molecule has 1 atom stereocenters. The van der Waals surface area contributed by atoms with Gasteiger partial charge >= 0.3 is 6.09 Å². The highest BCUT2D eigenvalue weighted by atomic mass is 32.2. The van der Waals surface area contributed by atoms with Crippen molar-refractivity contribution in [2.75, 3.05) is 19.3 Å². The summed E-state index contributed by atoms with van der Waals surface area (Å²) in [6.07, 6.45) is 2.08. The van der Waals surface area contributed by atoms with Crippen LogP contribution in [0.15, 0.2) is 33.9 Å². The highest BCUT2D eigenvalue weighted by Gasteiger charge is 2.23. The van der Waals surface area contributed by atoms with Gasteiger partial charge < -0.3 is 14.2 Å². The SMILES string of the molecule is C[C@H](CN(C)C(=O)OC(C)(C)C)c1noc(CCSc2ccccn2)n1. The standard InChI is InChI=1S/C18H26N4O3S/c1-13(12-22(5)17(23)24-18(2,3)4)16-20-14(25-21-16)9-11-26-15-8-6-7-10-19-15/h6-8,10,13H,9,11-12H2,1-5H3/t13-/m1/s1. The van der Waals surface area contributed by atoms with Gasteiger partial charge in [0.25, 0.3) is 0 Å². The molecule has 1 amide bonds. The van der Waals surface area contributed by atoms with Crippen LogP contribution < -0.4 is 0 Å². The molecular formula is C18H26N4O3S. The topological polar surface area (TPSA) is 81.4 Å². The highest BCUT2D eigenvalue weighted by Crippen LogP contribution is 2.18. The van der Waals surface area contributed by atoms with Crippen molar-refractivity contribution in [3.05, 3.63) is 36.1 Å².